The molecule has 38 heavy (non-hydrogen) atoms. The van der Waals surface area contributed by atoms with Crippen molar-refractivity contribution < 1.29 is 9.05 Å². The molecule has 0 fully saturated rings. The zero-order chi connectivity index (χ0) is 27.9. The van der Waals surface area contributed by atoms with Gasteiger partial charge in [-0.2, -0.15) is 0 Å². The van der Waals surface area contributed by atoms with Gasteiger partial charge in [0.15, 0.2) is 0 Å². The molecular weight excluding hydrogens is 541 g/mol. The maximum absolute atomic E-state index is 6.16. The van der Waals surface area contributed by atoms with Gasteiger partial charge in [0.05, 0.1) is 11.4 Å². The fourth-order valence-corrected chi connectivity index (χ4v) is 7.14. The summed E-state index contributed by atoms with van der Waals surface area (Å²) in [6.07, 6.45) is 3.98. The van der Waals surface area contributed by atoms with Crippen LogP contribution in [0.15, 0.2) is 56.5 Å². The van der Waals surface area contributed by atoms with Crippen molar-refractivity contribution in [2.75, 3.05) is 0 Å². The maximum atomic E-state index is 6.16. The Hall–Kier alpha value is -1.49. The highest BCUT2D eigenvalue weighted by Gasteiger charge is 2.41. The Morgan fingerprint density at radius 3 is 1.32 bits per heavy atom. The molecule has 4 rings (SSSR count). The van der Waals surface area contributed by atoms with Crippen molar-refractivity contribution >= 4 is 49.6 Å². The van der Waals surface area contributed by atoms with Crippen LogP contribution >= 0.6 is 21.6 Å². The summed E-state index contributed by atoms with van der Waals surface area (Å²) in [5.41, 5.74) is 7.46. The summed E-state index contributed by atoms with van der Waals surface area (Å²) in [6, 6.07) is 13.6. The molecule has 0 spiro atoms. The number of fused-ring (bicyclic) bond motifs is 2. The number of aryl methyl sites for hydroxylation is 2. The maximum Gasteiger partial charge on any atom is 0.286 e. The van der Waals surface area contributed by atoms with E-state index in [1.54, 1.807) is 0 Å². The Morgan fingerprint density at radius 1 is 0.605 bits per heavy atom. The van der Waals surface area contributed by atoms with Crippen molar-refractivity contribution in [3.63, 3.8) is 0 Å². The van der Waals surface area contributed by atoms with E-state index < -0.39 is 16.6 Å². The lowest BCUT2D eigenvalue weighted by Gasteiger charge is -2.33. The number of nitrogens with zero attached hydrogens (tertiary/aromatic N) is 2. The average Bonchev–Trinajstić information content (AvgIpc) is 3.42. The quantitative estimate of drug-likeness (QED) is 0.184. The molecule has 0 aromatic heterocycles. The zero-order valence-corrected chi connectivity index (χ0v) is 28.5. The molecule has 0 N–H and O–H groups in total. The minimum Gasteiger partial charge on any atom is -0.455 e. The van der Waals surface area contributed by atoms with Crippen LogP contribution in [0, 0.1) is 0 Å². The van der Waals surface area contributed by atoms with Gasteiger partial charge in [0.25, 0.3) is 16.6 Å². The molecule has 0 atom stereocenters. The summed E-state index contributed by atoms with van der Waals surface area (Å²) >= 11 is 0. The molecule has 2 aliphatic carbocycles. The second-order valence-electron chi connectivity index (χ2n) is 13.6. The van der Waals surface area contributed by atoms with Crippen molar-refractivity contribution in [2.24, 2.45) is 10.3 Å². The molecule has 0 radical (unpaired) electrons. The van der Waals surface area contributed by atoms with E-state index in [4.69, 9.17) is 9.05 Å². The van der Waals surface area contributed by atoms with E-state index in [1.165, 1.54) is 32.0 Å². The van der Waals surface area contributed by atoms with Gasteiger partial charge in [0.1, 0.15) is 0 Å². The molecule has 206 valence electrons. The Balaban J connectivity index is 1.39. The lowest BCUT2D eigenvalue weighted by Crippen LogP contribution is -2.39. The van der Waals surface area contributed by atoms with Crippen LogP contribution in [0.4, 0.5) is 0 Å². The van der Waals surface area contributed by atoms with E-state index in [0.29, 0.717) is 0 Å². The van der Waals surface area contributed by atoms with Crippen molar-refractivity contribution in [3.05, 3.63) is 58.7 Å². The standard InChI is InChI=1S/C30H44N2O2S2Si2/c1-29(2,3)37(7,8)33-31-27-17-11-21-19-23(13-15-25(21)27)35-36-24-14-16-26-22(20-24)12-18-28(26)32-34-38(9,10)30(4,5)6/h13-16,19-20H,11-12,17-18H2,1-10H3. The van der Waals surface area contributed by atoms with Gasteiger partial charge in [-0.3, -0.25) is 0 Å². The highest BCUT2D eigenvalue weighted by Crippen LogP contribution is 2.42. The van der Waals surface area contributed by atoms with E-state index in [2.05, 4.69) is 114 Å². The van der Waals surface area contributed by atoms with E-state index in [1.807, 2.05) is 21.6 Å². The van der Waals surface area contributed by atoms with Crippen LogP contribution < -0.4 is 0 Å². The SMILES string of the molecule is CC(C)(C)[Si](C)(C)ON=C1CCc2cc(SSc3ccc4c(c3)CCC4=NO[Si](C)(C)C(C)(C)C)ccc21. The number of hydrogen-bond donors (Lipinski definition) is 0. The van der Waals surface area contributed by atoms with E-state index in [-0.39, 0.29) is 10.1 Å². The van der Waals surface area contributed by atoms with Gasteiger partial charge >= 0.3 is 0 Å². The minimum absolute atomic E-state index is 0.153. The fraction of sp³-hybridized carbons (Fsp3) is 0.533. The molecule has 0 aliphatic heterocycles. The Kier molecular flexibility index (Phi) is 8.40. The largest absolute Gasteiger partial charge is 0.455 e. The zero-order valence-electron chi connectivity index (χ0n) is 24.8. The molecule has 2 aliphatic rings. The first-order valence-electron chi connectivity index (χ1n) is 13.7. The van der Waals surface area contributed by atoms with Crippen LogP contribution in [-0.4, -0.2) is 28.1 Å². The molecule has 2 aromatic rings. The molecule has 0 heterocycles. The molecule has 0 saturated carbocycles. The van der Waals surface area contributed by atoms with Gasteiger partial charge in [0, 0.05) is 20.9 Å². The fourth-order valence-electron chi connectivity index (χ4n) is 3.89. The second-order valence-corrected chi connectivity index (χ2v) is 25.3. The normalized spacial score (nSPS) is 18.2. The van der Waals surface area contributed by atoms with E-state index in [9.17, 15) is 0 Å². The molecule has 0 unspecified atom stereocenters. The molecule has 2 aromatic carbocycles. The van der Waals surface area contributed by atoms with Gasteiger partial charge in [-0.05, 0) is 97.3 Å². The summed E-state index contributed by atoms with van der Waals surface area (Å²) in [7, 11) is -0.136. The third-order valence-electron chi connectivity index (χ3n) is 8.65. The summed E-state index contributed by atoms with van der Waals surface area (Å²) in [5, 5.41) is 9.61. The van der Waals surface area contributed by atoms with Gasteiger partial charge in [0.2, 0.25) is 0 Å². The number of rotatable bonds is 7. The monoisotopic (exact) mass is 584 g/mol. The highest BCUT2D eigenvalue weighted by molar-refractivity contribution is 8.76. The first kappa shape index (κ1) is 29.5. The number of oxime groups is 2. The first-order chi connectivity index (χ1) is 17.6. The van der Waals surface area contributed by atoms with E-state index in [0.717, 1.165) is 37.1 Å². The predicted molar refractivity (Wildman–Crippen MR) is 171 cm³/mol. The summed E-state index contributed by atoms with van der Waals surface area (Å²) in [6.45, 7) is 22.5. The van der Waals surface area contributed by atoms with Gasteiger partial charge in [-0.15, -0.1) is 10.3 Å². The third kappa shape index (κ3) is 6.45. The van der Waals surface area contributed by atoms with Gasteiger partial charge < -0.3 is 9.05 Å². The third-order valence-corrected chi connectivity index (χ3v) is 19.4. The van der Waals surface area contributed by atoms with Crippen LogP contribution in [0.1, 0.15) is 76.6 Å². The number of benzene rings is 2. The molecule has 4 nitrogen and oxygen atoms in total. The smallest absolute Gasteiger partial charge is 0.286 e. The van der Waals surface area contributed by atoms with Crippen LogP contribution in [-0.2, 0) is 21.9 Å². The summed E-state index contributed by atoms with van der Waals surface area (Å²) < 4.78 is 12.3. The molecule has 8 heteroatoms. The Bertz CT molecular complexity index is 1160. The first-order valence-corrected chi connectivity index (χ1v) is 21.7. The Morgan fingerprint density at radius 2 is 0.974 bits per heavy atom. The van der Waals surface area contributed by atoms with E-state index >= 15 is 0 Å². The number of hydrogen-bond acceptors (Lipinski definition) is 6. The molecular formula is C30H44N2O2S2Si2. The van der Waals surface area contributed by atoms with Crippen LogP contribution in [0.25, 0.3) is 0 Å². The van der Waals surface area contributed by atoms with Crippen molar-refractivity contribution in [1.29, 1.82) is 0 Å². The van der Waals surface area contributed by atoms with Gasteiger partial charge in [-0.25, -0.2) is 0 Å². The highest BCUT2D eigenvalue weighted by atomic mass is 33.1. The van der Waals surface area contributed by atoms with Crippen LogP contribution in [0.2, 0.25) is 36.3 Å². The summed E-state index contributed by atoms with van der Waals surface area (Å²) in [4.78, 5) is 2.57. The minimum atomic E-state index is -1.90. The van der Waals surface area contributed by atoms with Crippen molar-refractivity contribution in [2.45, 2.75) is 113 Å². The molecule has 0 saturated heterocycles. The van der Waals surface area contributed by atoms with Crippen LogP contribution in [0.3, 0.4) is 0 Å². The van der Waals surface area contributed by atoms with Gasteiger partial charge in [-0.1, -0.05) is 75.3 Å². The van der Waals surface area contributed by atoms with Crippen LogP contribution in [0.5, 0.6) is 0 Å². The molecule has 0 amide bonds. The topological polar surface area (TPSA) is 43.2 Å². The predicted octanol–water partition coefficient (Wildman–Crippen LogP) is 9.83. The van der Waals surface area contributed by atoms with Crippen molar-refractivity contribution in [1.82, 2.24) is 0 Å². The average molecular weight is 585 g/mol. The Labute approximate surface area is 240 Å². The second kappa shape index (κ2) is 10.8. The summed E-state index contributed by atoms with van der Waals surface area (Å²) in [5.74, 6) is 0. The molecule has 0 bridgehead atoms. The lowest BCUT2D eigenvalue weighted by molar-refractivity contribution is 0.307. The van der Waals surface area contributed by atoms with Crippen molar-refractivity contribution in [3.8, 4) is 0 Å². The lowest BCUT2D eigenvalue weighted by atomic mass is 10.1.